The number of fused-ring (bicyclic) bond motifs is 1. The molecule has 25 heavy (non-hydrogen) atoms. The molecule has 2 N–H and O–H groups in total. The van der Waals surface area contributed by atoms with Gasteiger partial charge in [0, 0.05) is 23.4 Å². The lowest BCUT2D eigenvalue weighted by Gasteiger charge is -2.20. The van der Waals surface area contributed by atoms with Gasteiger partial charge in [0.05, 0.1) is 11.1 Å². The van der Waals surface area contributed by atoms with Gasteiger partial charge in [-0.25, -0.2) is 0 Å². The average molecular weight is 324 g/mol. The number of nitrogens with two attached hydrogens (primary N) is 1. The first-order valence-electron chi connectivity index (χ1n) is 8.02. The number of hydrogen-bond donors (Lipinski definition) is 1. The molecule has 4 nitrogen and oxygen atoms in total. The number of aromatic nitrogens is 1. The van der Waals surface area contributed by atoms with Crippen LogP contribution in [-0.4, -0.2) is 11.2 Å². The Bertz CT molecular complexity index is 1090. The summed E-state index contributed by atoms with van der Waals surface area (Å²) in [5, 5.41) is 9.95. The minimum Gasteiger partial charge on any atom is -0.300 e. The summed E-state index contributed by atoms with van der Waals surface area (Å²) in [7, 11) is 0. The van der Waals surface area contributed by atoms with Crippen LogP contribution in [0, 0.1) is 18.3 Å². The van der Waals surface area contributed by atoms with Crippen molar-refractivity contribution in [3.8, 4) is 6.07 Å². The van der Waals surface area contributed by atoms with E-state index >= 15 is 0 Å². The van der Waals surface area contributed by atoms with Gasteiger partial charge in [-0.1, -0.05) is 48.0 Å². The lowest BCUT2D eigenvalue weighted by molar-refractivity contribution is 0.614. The monoisotopic (exact) mass is 324 g/mol. The Labute approximate surface area is 146 Å². The average Bonchev–Trinajstić information content (AvgIpc) is 3.04. The molecule has 0 bridgehead atoms. The molecule has 1 aliphatic rings. The van der Waals surface area contributed by atoms with Crippen molar-refractivity contribution >= 4 is 22.7 Å². The minimum atomic E-state index is -0.959. The number of pyridine rings is 1. The number of nitriles is 1. The summed E-state index contributed by atoms with van der Waals surface area (Å²) in [5.74, 6) is 0. The van der Waals surface area contributed by atoms with E-state index < -0.39 is 5.66 Å². The Balaban J connectivity index is 1.84. The van der Waals surface area contributed by atoms with E-state index in [9.17, 15) is 0 Å². The fourth-order valence-electron chi connectivity index (χ4n) is 3.16. The molecule has 120 valence electrons. The second-order valence-electron chi connectivity index (χ2n) is 6.27. The van der Waals surface area contributed by atoms with Gasteiger partial charge in [0.1, 0.15) is 6.07 Å². The molecule has 4 heteroatoms. The first kappa shape index (κ1) is 15.3. The van der Waals surface area contributed by atoms with Crippen LogP contribution in [0.5, 0.6) is 0 Å². The van der Waals surface area contributed by atoms with E-state index in [-0.39, 0.29) is 0 Å². The van der Waals surface area contributed by atoms with Gasteiger partial charge in [-0.2, -0.15) is 5.26 Å². The van der Waals surface area contributed by atoms with Crippen molar-refractivity contribution in [3.05, 3.63) is 83.1 Å². The molecule has 0 spiro atoms. The molecule has 1 atom stereocenters. The second kappa shape index (κ2) is 5.66. The first-order chi connectivity index (χ1) is 12.1. The van der Waals surface area contributed by atoms with Gasteiger partial charge >= 0.3 is 0 Å². The number of aryl methyl sites for hydroxylation is 1. The van der Waals surface area contributed by atoms with Crippen LogP contribution in [0.4, 0.5) is 0 Å². The van der Waals surface area contributed by atoms with Crippen LogP contribution in [0.25, 0.3) is 16.5 Å². The Morgan fingerprint density at radius 3 is 2.76 bits per heavy atom. The van der Waals surface area contributed by atoms with Gasteiger partial charge in [-0.3, -0.25) is 15.7 Å². The smallest absolute Gasteiger partial charge is 0.155 e. The maximum absolute atomic E-state index is 9.06. The Kier molecular flexibility index (Phi) is 3.45. The van der Waals surface area contributed by atoms with Crippen molar-refractivity contribution < 1.29 is 0 Å². The zero-order valence-electron chi connectivity index (χ0n) is 13.8. The van der Waals surface area contributed by atoms with E-state index in [0.29, 0.717) is 5.56 Å². The molecule has 3 aromatic rings. The normalized spacial score (nSPS) is 19.0. The quantitative estimate of drug-likeness (QED) is 0.781. The van der Waals surface area contributed by atoms with Gasteiger partial charge in [0.2, 0.25) is 0 Å². The summed E-state index contributed by atoms with van der Waals surface area (Å²) in [6.07, 6.45) is 5.35. The minimum absolute atomic E-state index is 0.529. The summed E-state index contributed by atoms with van der Waals surface area (Å²) in [5.41, 5.74) is 11.1. The van der Waals surface area contributed by atoms with Crippen LogP contribution in [0.1, 0.15) is 22.3 Å². The van der Waals surface area contributed by atoms with Crippen molar-refractivity contribution in [1.82, 2.24) is 4.98 Å². The largest absolute Gasteiger partial charge is 0.300 e. The Hall–Kier alpha value is -3.29. The third kappa shape index (κ3) is 2.61. The first-order valence-corrected chi connectivity index (χ1v) is 8.02. The van der Waals surface area contributed by atoms with Crippen LogP contribution >= 0.6 is 0 Å². The summed E-state index contributed by atoms with van der Waals surface area (Å²) in [6.45, 7) is 2.06. The number of aliphatic imine (C=N–C) groups is 1. The standard InChI is InChI=1S/C21H16N4/c1-14-4-2-5-16(8-14)18-10-21(23,25-13-18)19-7-3-6-17-9-15(11-22)12-24-20(17)19/h2-10,12-13H,23H2,1H3. The Morgan fingerprint density at radius 2 is 1.96 bits per heavy atom. The van der Waals surface area contributed by atoms with E-state index in [4.69, 9.17) is 11.0 Å². The van der Waals surface area contributed by atoms with Gasteiger partial charge < -0.3 is 0 Å². The SMILES string of the molecule is Cc1cccc(C2=CC(N)(c3cccc4cc(C#N)cnc34)N=C2)c1. The summed E-state index contributed by atoms with van der Waals surface area (Å²) in [4.78, 5) is 9.02. The molecule has 0 aliphatic carbocycles. The van der Waals surface area contributed by atoms with Crippen LogP contribution in [0.3, 0.4) is 0 Å². The van der Waals surface area contributed by atoms with E-state index in [1.807, 2.05) is 42.6 Å². The third-order valence-electron chi connectivity index (χ3n) is 4.42. The highest BCUT2D eigenvalue weighted by molar-refractivity contribution is 6.12. The number of hydrogen-bond acceptors (Lipinski definition) is 4. The zero-order valence-corrected chi connectivity index (χ0v) is 13.8. The lowest BCUT2D eigenvalue weighted by atomic mass is 9.95. The van der Waals surface area contributed by atoms with Crippen molar-refractivity contribution in [2.75, 3.05) is 0 Å². The van der Waals surface area contributed by atoms with Gasteiger partial charge in [0.15, 0.2) is 5.66 Å². The van der Waals surface area contributed by atoms with Crippen LogP contribution in [0.15, 0.2) is 65.8 Å². The van der Waals surface area contributed by atoms with Crippen LogP contribution < -0.4 is 5.73 Å². The highest BCUT2D eigenvalue weighted by Gasteiger charge is 2.30. The van der Waals surface area contributed by atoms with Crippen molar-refractivity contribution in [2.24, 2.45) is 10.7 Å². The summed E-state index contributed by atoms with van der Waals surface area (Å²) >= 11 is 0. The van der Waals surface area contributed by atoms with E-state index in [1.54, 1.807) is 6.20 Å². The maximum Gasteiger partial charge on any atom is 0.155 e. The van der Waals surface area contributed by atoms with E-state index in [2.05, 4.69) is 41.2 Å². The molecule has 2 heterocycles. The fourth-order valence-corrected chi connectivity index (χ4v) is 3.16. The lowest BCUT2D eigenvalue weighted by Crippen LogP contribution is -2.31. The van der Waals surface area contributed by atoms with Gasteiger partial charge in [0.25, 0.3) is 0 Å². The maximum atomic E-state index is 9.06. The molecule has 0 radical (unpaired) electrons. The molecule has 2 aromatic carbocycles. The molecule has 1 aliphatic heterocycles. The molecule has 0 saturated heterocycles. The summed E-state index contributed by atoms with van der Waals surface area (Å²) < 4.78 is 0. The second-order valence-corrected chi connectivity index (χ2v) is 6.27. The third-order valence-corrected chi connectivity index (χ3v) is 4.42. The molecule has 0 amide bonds. The zero-order chi connectivity index (χ0) is 17.4. The van der Waals surface area contributed by atoms with E-state index in [0.717, 1.165) is 27.6 Å². The van der Waals surface area contributed by atoms with Crippen LogP contribution in [0.2, 0.25) is 0 Å². The topological polar surface area (TPSA) is 75.1 Å². The molecule has 1 aromatic heterocycles. The number of rotatable bonds is 2. The molecule has 4 rings (SSSR count). The molecule has 0 saturated carbocycles. The highest BCUT2D eigenvalue weighted by atomic mass is 15.0. The predicted molar refractivity (Wildman–Crippen MR) is 100.0 cm³/mol. The Morgan fingerprint density at radius 1 is 1.12 bits per heavy atom. The van der Waals surface area contributed by atoms with Crippen LogP contribution in [-0.2, 0) is 5.66 Å². The van der Waals surface area contributed by atoms with Crippen molar-refractivity contribution in [1.29, 1.82) is 5.26 Å². The predicted octanol–water partition coefficient (Wildman–Crippen LogP) is 3.69. The van der Waals surface area contributed by atoms with Crippen molar-refractivity contribution in [3.63, 3.8) is 0 Å². The number of nitrogens with zero attached hydrogens (tertiary/aromatic N) is 3. The summed E-state index contributed by atoms with van der Waals surface area (Å²) in [6, 6.07) is 18.0. The molecule has 0 fully saturated rings. The number of allylic oxidation sites excluding steroid dienone is 1. The molecular formula is C21H16N4. The van der Waals surface area contributed by atoms with E-state index in [1.165, 1.54) is 5.56 Å². The molecular weight excluding hydrogens is 308 g/mol. The number of benzene rings is 2. The number of para-hydroxylation sites is 1. The van der Waals surface area contributed by atoms with Crippen molar-refractivity contribution in [2.45, 2.75) is 12.6 Å². The molecule has 1 unspecified atom stereocenters. The highest BCUT2D eigenvalue weighted by Crippen LogP contribution is 2.34. The van der Waals surface area contributed by atoms with Gasteiger partial charge in [-0.05, 0) is 30.2 Å². The fraction of sp³-hybridized carbons (Fsp3) is 0.0952. The van der Waals surface area contributed by atoms with Gasteiger partial charge in [-0.15, -0.1) is 0 Å².